The van der Waals surface area contributed by atoms with Gasteiger partial charge in [0.1, 0.15) is 17.6 Å². The fourth-order valence-corrected chi connectivity index (χ4v) is 3.70. The number of nitrogens with zero attached hydrogens (tertiary/aromatic N) is 2. The van der Waals surface area contributed by atoms with Crippen molar-refractivity contribution >= 4 is 35.3 Å². The smallest absolute Gasteiger partial charge is 0.273 e. The molecule has 2 aromatic carbocycles. The molecule has 35 heavy (non-hydrogen) atoms. The number of carbonyl (C=O) groups excluding carboxylic acids is 2. The number of furan rings is 1. The molecule has 3 rings (SSSR count). The number of amides is 2. The predicted molar refractivity (Wildman–Crippen MR) is 133 cm³/mol. The maximum absolute atomic E-state index is 12.7. The summed E-state index contributed by atoms with van der Waals surface area (Å²) in [6.07, 6.45) is 1.71. The van der Waals surface area contributed by atoms with Gasteiger partial charge in [0.2, 0.25) is 0 Å². The molecule has 1 heterocycles. The van der Waals surface area contributed by atoms with Crippen LogP contribution in [0.1, 0.15) is 41.9 Å². The quantitative estimate of drug-likeness (QED) is 0.242. The van der Waals surface area contributed by atoms with Gasteiger partial charge in [-0.05, 0) is 43.5 Å². The van der Waals surface area contributed by atoms with E-state index in [1.165, 1.54) is 12.3 Å². The maximum atomic E-state index is 12.7. The van der Waals surface area contributed by atoms with Gasteiger partial charge < -0.3 is 9.73 Å². The molecule has 0 bridgehead atoms. The summed E-state index contributed by atoms with van der Waals surface area (Å²) in [5, 5.41) is 18.1. The highest BCUT2D eigenvalue weighted by atomic mass is 35.5. The molecule has 0 unspecified atom stereocenters. The Morgan fingerprint density at radius 3 is 2.57 bits per heavy atom. The zero-order valence-electron chi connectivity index (χ0n) is 19.4. The van der Waals surface area contributed by atoms with Crippen LogP contribution in [-0.2, 0) is 4.79 Å². The molecule has 10 heteroatoms. The number of hydrogen-bond donors (Lipinski definition) is 2. The maximum Gasteiger partial charge on any atom is 0.273 e. The molecule has 3 aromatic rings. The van der Waals surface area contributed by atoms with Crippen LogP contribution in [0.2, 0.25) is 5.02 Å². The Morgan fingerprint density at radius 2 is 1.89 bits per heavy atom. The molecule has 0 spiro atoms. The first-order chi connectivity index (χ1) is 16.7. The SMILES string of the molecule is Cc1c(-c2ccc(/C=N\NC(=O)[C@H](CC(C)C)NC(=O)c3ccccc3Cl)o2)cccc1[N+](=O)[O-]. The van der Waals surface area contributed by atoms with Crippen molar-refractivity contribution in [3.05, 3.63) is 86.6 Å². The summed E-state index contributed by atoms with van der Waals surface area (Å²) in [6.45, 7) is 5.52. The highest BCUT2D eigenvalue weighted by Crippen LogP contribution is 2.30. The number of carbonyl (C=O) groups is 2. The van der Waals surface area contributed by atoms with E-state index in [-0.39, 0.29) is 17.2 Å². The van der Waals surface area contributed by atoms with E-state index in [1.807, 2.05) is 13.8 Å². The number of hydrogen-bond acceptors (Lipinski definition) is 6. The lowest BCUT2D eigenvalue weighted by Gasteiger charge is -2.19. The second-order valence-corrected chi connectivity index (χ2v) is 8.69. The van der Waals surface area contributed by atoms with Crippen LogP contribution in [0.5, 0.6) is 0 Å². The average Bonchev–Trinajstić information content (AvgIpc) is 3.27. The van der Waals surface area contributed by atoms with E-state index in [0.29, 0.717) is 34.1 Å². The van der Waals surface area contributed by atoms with E-state index in [1.54, 1.807) is 55.5 Å². The van der Waals surface area contributed by atoms with Crippen LogP contribution in [-0.4, -0.2) is 29.0 Å². The first-order valence-electron chi connectivity index (χ1n) is 10.9. The van der Waals surface area contributed by atoms with Gasteiger partial charge in [-0.2, -0.15) is 5.10 Å². The summed E-state index contributed by atoms with van der Waals surface area (Å²) in [6, 6.07) is 13.8. The van der Waals surface area contributed by atoms with E-state index in [0.717, 1.165) is 0 Å². The molecule has 0 saturated carbocycles. The summed E-state index contributed by atoms with van der Waals surface area (Å²) >= 11 is 6.09. The van der Waals surface area contributed by atoms with E-state index < -0.39 is 22.8 Å². The van der Waals surface area contributed by atoms with Crippen molar-refractivity contribution in [1.82, 2.24) is 10.7 Å². The molecule has 9 nitrogen and oxygen atoms in total. The van der Waals surface area contributed by atoms with Crippen LogP contribution in [0.25, 0.3) is 11.3 Å². The second kappa shape index (κ2) is 11.4. The Morgan fingerprint density at radius 1 is 1.14 bits per heavy atom. The summed E-state index contributed by atoms with van der Waals surface area (Å²) in [5.74, 6) is -0.0394. The lowest BCUT2D eigenvalue weighted by Crippen LogP contribution is -2.46. The Balaban J connectivity index is 1.69. The van der Waals surface area contributed by atoms with Gasteiger partial charge in [-0.25, -0.2) is 5.43 Å². The second-order valence-electron chi connectivity index (χ2n) is 8.28. The van der Waals surface area contributed by atoms with Crippen LogP contribution >= 0.6 is 11.6 Å². The largest absolute Gasteiger partial charge is 0.455 e. The van der Waals surface area contributed by atoms with Gasteiger partial charge in [-0.15, -0.1) is 0 Å². The van der Waals surface area contributed by atoms with Crippen molar-refractivity contribution < 1.29 is 18.9 Å². The highest BCUT2D eigenvalue weighted by molar-refractivity contribution is 6.33. The standard InChI is InChI=1S/C25H25ClN4O5/c1-15(2)13-21(28-24(31)19-7-4-5-9-20(19)26)25(32)29-27-14-17-11-12-23(35-17)18-8-6-10-22(16(18)3)30(33)34/h4-12,14-15,21H,13H2,1-3H3,(H,28,31)(H,29,32)/b27-14-/t21-/m0/s1. The lowest BCUT2D eigenvalue weighted by atomic mass is 10.0. The third-order valence-electron chi connectivity index (χ3n) is 5.21. The first kappa shape index (κ1) is 25.6. The molecular weight excluding hydrogens is 472 g/mol. The minimum absolute atomic E-state index is 0.00332. The molecule has 1 atom stereocenters. The van der Waals surface area contributed by atoms with Crippen LogP contribution in [0.3, 0.4) is 0 Å². The zero-order valence-corrected chi connectivity index (χ0v) is 20.2. The number of benzene rings is 2. The minimum atomic E-state index is -0.824. The van der Waals surface area contributed by atoms with Gasteiger partial charge in [0, 0.05) is 17.2 Å². The van der Waals surface area contributed by atoms with Gasteiger partial charge >= 0.3 is 0 Å². The van der Waals surface area contributed by atoms with Crippen molar-refractivity contribution in [2.24, 2.45) is 11.0 Å². The number of hydrazone groups is 1. The van der Waals surface area contributed by atoms with E-state index >= 15 is 0 Å². The molecule has 0 aliphatic rings. The number of halogens is 1. The van der Waals surface area contributed by atoms with Gasteiger partial charge in [-0.3, -0.25) is 19.7 Å². The number of nitro benzene ring substituents is 1. The van der Waals surface area contributed by atoms with E-state index in [2.05, 4.69) is 15.8 Å². The van der Waals surface area contributed by atoms with Gasteiger partial charge in [0.05, 0.1) is 21.7 Å². The van der Waals surface area contributed by atoms with Crippen molar-refractivity contribution in [1.29, 1.82) is 0 Å². The Kier molecular flexibility index (Phi) is 8.38. The van der Waals surface area contributed by atoms with Gasteiger partial charge in [-0.1, -0.05) is 49.7 Å². The van der Waals surface area contributed by atoms with Crippen molar-refractivity contribution in [2.45, 2.75) is 33.2 Å². The molecule has 0 radical (unpaired) electrons. The Hall–Kier alpha value is -3.98. The van der Waals surface area contributed by atoms with Crippen LogP contribution in [0.4, 0.5) is 5.69 Å². The molecule has 182 valence electrons. The number of nitro groups is 1. The van der Waals surface area contributed by atoms with Crippen LogP contribution in [0.15, 0.2) is 64.1 Å². The van der Waals surface area contributed by atoms with Gasteiger partial charge in [0.25, 0.3) is 17.5 Å². The lowest BCUT2D eigenvalue weighted by molar-refractivity contribution is -0.385. The van der Waals surface area contributed by atoms with Crippen molar-refractivity contribution in [2.75, 3.05) is 0 Å². The molecule has 2 N–H and O–H groups in total. The summed E-state index contributed by atoms with van der Waals surface area (Å²) in [4.78, 5) is 36.1. The van der Waals surface area contributed by atoms with Crippen molar-refractivity contribution in [3.63, 3.8) is 0 Å². The molecular formula is C25H25ClN4O5. The van der Waals surface area contributed by atoms with E-state index in [9.17, 15) is 19.7 Å². The highest BCUT2D eigenvalue weighted by Gasteiger charge is 2.23. The fraction of sp³-hybridized carbons (Fsp3) is 0.240. The Bertz CT molecular complexity index is 1270. The van der Waals surface area contributed by atoms with Crippen LogP contribution in [0, 0.1) is 23.0 Å². The monoisotopic (exact) mass is 496 g/mol. The van der Waals surface area contributed by atoms with Crippen LogP contribution < -0.4 is 10.7 Å². The molecule has 0 fully saturated rings. The summed E-state index contributed by atoms with van der Waals surface area (Å²) < 4.78 is 5.72. The molecule has 0 aliphatic carbocycles. The minimum Gasteiger partial charge on any atom is -0.455 e. The summed E-state index contributed by atoms with van der Waals surface area (Å²) in [7, 11) is 0. The average molecular weight is 497 g/mol. The third-order valence-corrected chi connectivity index (χ3v) is 5.54. The van der Waals surface area contributed by atoms with Crippen molar-refractivity contribution in [3.8, 4) is 11.3 Å². The van der Waals surface area contributed by atoms with Gasteiger partial charge in [0.15, 0.2) is 0 Å². The van der Waals surface area contributed by atoms with E-state index in [4.69, 9.17) is 16.0 Å². The topological polar surface area (TPSA) is 127 Å². The molecule has 1 aromatic heterocycles. The Labute approximate surface area is 207 Å². The molecule has 2 amide bonds. The number of nitrogens with one attached hydrogen (secondary N) is 2. The predicted octanol–water partition coefficient (Wildman–Crippen LogP) is 5.11. The first-order valence-corrected chi connectivity index (χ1v) is 11.3. The molecule has 0 aliphatic heterocycles. The third kappa shape index (κ3) is 6.54. The fourth-order valence-electron chi connectivity index (χ4n) is 3.48. The summed E-state index contributed by atoms with van der Waals surface area (Å²) in [5.41, 5.74) is 3.77. The normalized spacial score (nSPS) is 12.0. The molecule has 0 saturated heterocycles. The zero-order chi connectivity index (χ0) is 25.5. The number of rotatable bonds is 9.